The van der Waals surface area contributed by atoms with Crippen molar-refractivity contribution >= 4 is 26.3 Å². The zero-order valence-corrected chi connectivity index (χ0v) is 18.3. The van der Waals surface area contributed by atoms with Gasteiger partial charge in [-0.25, -0.2) is 13.4 Å². The minimum absolute atomic E-state index is 0.181. The number of aryl methyl sites for hydroxylation is 3. The molecule has 0 atom stereocenters. The van der Waals surface area contributed by atoms with Gasteiger partial charge in [0.05, 0.1) is 11.4 Å². The summed E-state index contributed by atoms with van der Waals surface area (Å²) < 4.78 is 29.0. The van der Waals surface area contributed by atoms with Crippen LogP contribution in [0, 0.1) is 20.8 Å². The quantitative estimate of drug-likeness (QED) is 0.621. The number of hydrogen-bond acceptors (Lipinski definition) is 7. The van der Waals surface area contributed by atoms with Gasteiger partial charge in [0.15, 0.2) is 0 Å². The SMILES string of the molecule is Cc1ccc(C)c(S(=O)(=O)N2CCN(Cc3nn4c(=O)cc(C)nc4s3)CC2)c1. The third kappa shape index (κ3) is 3.97. The van der Waals surface area contributed by atoms with Gasteiger partial charge in [-0.3, -0.25) is 9.69 Å². The second-order valence-electron chi connectivity index (χ2n) is 7.38. The molecule has 29 heavy (non-hydrogen) atoms. The first kappa shape index (κ1) is 20.1. The molecule has 1 aliphatic heterocycles. The summed E-state index contributed by atoms with van der Waals surface area (Å²) in [6, 6.07) is 6.98. The van der Waals surface area contributed by atoms with Crippen molar-refractivity contribution in [2.45, 2.75) is 32.2 Å². The maximum Gasteiger partial charge on any atom is 0.275 e. The van der Waals surface area contributed by atoms with Crippen molar-refractivity contribution in [3.63, 3.8) is 0 Å². The molecule has 0 saturated carbocycles. The van der Waals surface area contributed by atoms with Gasteiger partial charge in [0.2, 0.25) is 15.0 Å². The number of piperazine rings is 1. The summed E-state index contributed by atoms with van der Waals surface area (Å²) in [5, 5.41) is 5.17. The van der Waals surface area contributed by atoms with E-state index in [1.807, 2.05) is 26.0 Å². The lowest BCUT2D eigenvalue weighted by Gasteiger charge is -2.33. The third-order valence-corrected chi connectivity index (χ3v) is 8.00. The van der Waals surface area contributed by atoms with Gasteiger partial charge in [0.1, 0.15) is 5.01 Å². The highest BCUT2D eigenvalue weighted by molar-refractivity contribution is 7.89. The van der Waals surface area contributed by atoms with E-state index in [1.54, 1.807) is 17.3 Å². The van der Waals surface area contributed by atoms with E-state index in [0.717, 1.165) is 16.1 Å². The fourth-order valence-corrected chi connectivity index (χ4v) is 6.19. The van der Waals surface area contributed by atoms with Crippen molar-refractivity contribution in [3.05, 3.63) is 56.4 Å². The average Bonchev–Trinajstić information content (AvgIpc) is 3.06. The topological polar surface area (TPSA) is 87.9 Å². The summed E-state index contributed by atoms with van der Waals surface area (Å²) in [5.74, 6) is 0. The zero-order valence-electron chi connectivity index (χ0n) is 16.6. The smallest absolute Gasteiger partial charge is 0.275 e. The van der Waals surface area contributed by atoms with Crippen LogP contribution >= 0.6 is 11.3 Å². The van der Waals surface area contributed by atoms with Crippen LogP contribution in [0.2, 0.25) is 0 Å². The summed E-state index contributed by atoms with van der Waals surface area (Å²) in [4.78, 5) is 19.5. The fraction of sp³-hybridized carbons (Fsp3) is 0.421. The van der Waals surface area contributed by atoms with Crippen LogP contribution in [0.3, 0.4) is 0 Å². The molecule has 0 spiro atoms. The molecule has 1 fully saturated rings. The summed E-state index contributed by atoms with van der Waals surface area (Å²) in [7, 11) is -3.50. The van der Waals surface area contributed by atoms with Crippen LogP contribution in [0.4, 0.5) is 0 Å². The van der Waals surface area contributed by atoms with E-state index in [9.17, 15) is 13.2 Å². The first-order valence-electron chi connectivity index (χ1n) is 9.40. The molecule has 0 aliphatic carbocycles. The highest BCUT2D eigenvalue weighted by atomic mass is 32.2. The lowest BCUT2D eigenvalue weighted by atomic mass is 10.2. The molecule has 8 nitrogen and oxygen atoms in total. The van der Waals surface area contributed by atoms with Crippen LogP contribution in [-0.2, 0) is 16.6 Å². The van der Waals surface area contributed by atoms with Crippen molar-refractivity contribution in [2.24, 2.45) is 0 Å². The van der Waals surface area contributed by atoms with E-state index in [4.69, 9.17) is 0 Å². The molecular weight excluding hydrogens is 410 g/mol. The molecule has 3 aromatic rings. The van der Waals surface area contributed by atoms with Crippen LogP contribution in [0.5, 0.6) is 0 Å². The summed E-state index contributed by atoms with van der Waals surface area (Å²) in [6.45, 7) is 8.17. The molecule has 1 saturated heterocycles. The molecule has 2 aromatic heterocycles. The molecule has 154 valence electrons. The van der Waals surface area contributed by atoms with E-state index in [0.29, 0.717) is 48.3 Å². The van der Waals surface area contributed by atoms with Crippen LogP contribution < -0.4 is 5.56 Å². The van der Waals surface area contributed by atoms with E-state index >= 15 is 0 Å². The van der Waals surface area contributed by atoms with Crippen LogP contribution in [0.25, 0.3) is 4.96 Å². The van der Waals surface area contributed by atoms with Gasteiger partial charge in [0, 0.05) is 37.9 Å². The average molecular weight is 434 g/mol. The van der Waals surface area contributed by atoms with Crippen molar-refractivity contribution < 1.29 is 8.42 Å². The molecule has 0 radical (unpaired) electrons. The maximum absolute atomic E-state index is 13.1. The highest BCUT2D eigenvalue weighted by Gasteiger charge is 2.30. The van der Waals surface area contributed by atoms with E-state index in [-0.39, 0.29) is 5.56 Å². The van der Waals surface area contributed by atoms with Gasteiger partial charge >= 0.3 is 0 Å². The van der Waals surface area contributed by atoms with Gasteiger partial charge in [-0.15, -0.1) is 0 Å². The Morgan fingerprint density at radius 3 is 2.52 bits per heavy atom. The molecule has 4 rings (SSSR count). The Bertz CT molecular complexity index is 1220. The van der Waals surface area contributed by atoms with Gasteiger partial charge in [-0.1, -0.05) is 23.5 Å². The van der Waals surface area contributed by atoms with E-state index in [1.165, 1.54) is 21.9 Å². The van der Waals surface area contributed by atoms with Crippen LogP contribution in [0.1, 0.15) is 21.8 Å². The molecule has 3 heterocycles. The van der Waals surface area contributed by atoms with Crippen LogP contribution in [0.15, 0.2) is 34.0 Å². The van der Waals surface area contributed by atoms with Gasteiger partial charge in [0.25, 0.3) is 5.56 Å². The van der Waals surface area contributed by atoms with Gasteiger partial charge in [-0.05, 0) is 38.0 Å². The Labute approximate surface area is 173 Å². The minimum Gasteiger partial charge on any atom is -0.294 e. The first-order valence-corrected chi connectivity index (χ1v) is 11.7. The lowest BCUT2D eigenvalue weighted by molar-refractivity contribution is 0.181. The molecular formula is C19H23N5O3S2. The number of sulfonamides is 1. The zero-order chi connectivity index (χ0) is 20.8. The number of rotatable bonds is 4. The molecule has 0 bridgehead atoms. The Hall–Kier alpha value is -2.14. The molecule has 10 heteroatoms. The second kappa shape index (κ2) is 7.60. The third-order valence-electron chi connectivity index (χ3n) is 5.07. The number of hydrogen-bond donors (Lipinski definition) is 0. The number of benzene rings is 1. The number of nitrogens with zero attached hydrogens (tertiary/aromatic N) is 5. The Kier molecular flexibility index (Phi) is 5.28. The lowest BCUT2D eigenvalue weighted by Crippen LogP contribution is -2.48. The summed E-state index contributed by atoms with van der Waals surface area (Å²) in [6.07, 6.45) is 0. The molecule has 0 unspecified atom stereocenters. The molecule has 0 amide bonds. The van der Waals surface area contributed by atoms with Gasteiger partial charge < -0.3 is 0 Å². The Balaban J connectivity index is 1.46. The van der Waals surface area contributed by atoms with Crippen molar-refractivity contribution in [2.75, 3.05) is 26.2 Å². The predicted octanol–water partition coefficient (Wildman–Crippen LogP) is 1.58. The fourth-order valence-electron chi connectivity index (χ4n) is 3.47. The van der Waals surface area contributed by atoms with Crippen molar-refractivity contribution in [1.29, 1.82) is 0 Å². The summed E-state index contributed by atoms with van der Waals surface area (Å²) >= 11 is 1.39. The van der Waals surface area contributed by atoms with Crippen molar-refractivity contribution in [1.82, 2.24) is 23.8 Å². The largest absolute Gasteiger partial charge is 0.294 e. The maximum atomic E-state index is 13.1. The standard InChI is InChI=1S/C19H23N5O3S2/c1-13-4-5-14(2)16(10-13)29(26,27)23-8-6-22(7-9-23)12-17-21-24-18(25)11-15(3)20-19(24)28-17/h4-5,10-11H,6-9,12H2,1-3H3. The molecule has 0 N–H and O–H groups in total. The monoisotopic (exact) mass is 433 g/mol. The number of fused-ring (bicyclic) bond motifs is 1. The molecule has 1 aromatic carbocycles. The number of aromatic nitrogens is 3. The second-order valence-corrected chi connectivity index (χ2v) is 10.3. The highest BCUT2D eigenvalue weighted by Crippen LogP contribution is 2.23. The Morgan fingerprint density at radius 2 is 1.79 bits per heavy atom. The van der Waals surface area contributed by atoms with Crippen molar-refractivity contribution in [3.8, 4) is 0 Å². The van der Waals surface area contributed by atoms with Crippen LogP contribution in [-0.4, -0.2) is 58.4 Å². The van der Waals surface area contributed by atoms with E-state index in [2.05, 4.69) is 15.0 Å². The minimum atomic E-state index is -3.50. The normalized spacial score (nSPS) is 16.5. The Morgan fingerprint density at radius 1 is 1.07 bits per heavy atom. The van der Waals surface area contributed by atoms with Gasteiger partial charge in [-0.2, -0.15) is 13.9 Å². The summed E-state index contributed by atoms with van der Waals surface area (Å²) in [5.41, 5.74) is 2.19. The first-order chi connectivity index (χ1) is 13.7. The van der Waals surface area contributed by atoms with E-state index < -0.39 is 10.0 Å². The molecule has 1 aliphatic rings. The predicted molar refractivity (Wildman–Crippen MR) is 112 cm³/mol.